The van der Waals surface area contributed by atoms with Gasteiger partial charge in [-0.15, -0.1) is 0 Å². The number of nitrogens with one attached hydrogen (secondary N) is 2. The summed E-state index contributed by atoms with van der Waals surface area (Å²) in [4.78, 5) is 34.1. The Kier molecular flexibility index (Phi) is 3.84. The van der Waals surface area contributed by atoms with E-state index in [4.69, 9.17) is 0 Å². The van der Waals surface area contributed by atoms with E-state index in [-0.39, 0.29) is 13.1 Å². The molecule has 104 valence electrons. The van der Waals surface area contributed by atoms with Crippen molar-refractivity contribution in [2.75, 3.05) is 6.54 Å². The minimum atomic E-state index is -0.829. The van der Waals surface area contributed by atoms with E-state index in [2.05, 4.69) is 10.4 Å². The molecule has 0 spiro atoms. The third-order valence-electron chi connectivity index (χ3n) is 3.34. The van der Waals surface area contributed by atoms with E-state index in [9.17, 15) is 19.5 Å². The van der Waals surface area contributed by atoms with Crippen molar-refractivity contribution < 1.29 is 9.90 Å². The number of rotatable bonds is 4. The Morgan fingerprint density at radius 3 is 2.74 bits per heavy atom. The zero-order valence-corrected chi connectivity index (χ0v) is 10.5. The Labute approximate surface area is 109 Å². The van der Waals surface area contributed by atoms with Crippen molar-refractivity contribution in [3.8, 4) is 0 Å². The number of nitrogens with zero attached hydrogens (tertiary/aromatic N) is 1. The molecule has 19 heavy (non-hydrogen) atoms. The van der Waals surface area contributed by atoms with Crippen molar-refractivity contribution in [1.82, 2.24) is 15.1 Å². The molecule has 1 amide bonds. The van der Waals surface area contributed by atoms with Crippen molar-refractivity contribution in [3.05, 3.63) is 32.8 Å². The Hall–Kier alpha value is -1.89. The van der Waals surface area contributed by atoms with E-state index >= 15 is 0 Å². The maximum atomic E-state index is 11.7. The molecule has 1 aromatic rings. The molecule has 1 saturated carbocycles. The van der Waals surface area contributed by atoms with E-state index < -0.39 is 22.6 Å². The van der Waals surface area contributed by atoms with Gasteiger partial charge in [-0.2, -0.15) is 0 Å². The first-order chi connectivity index (χ1) is 8.98. The maximum absolute atomic E-state index is 11.7. The van der Waals surface area contributed by atoms with Gasteiger partial charge in [0.25, 0.3) is 11.1 Å². The molecule has 7 nitrogen and oxygen atoms in total. The average Bonchev–Trinajstić information content (AvgIpc) is 2.79. The number of hydrogen-bond donors (Lipinski definition) is 3. The minimum Gasteiger partial charge on any atom is -0.388 e. The quantitative estimate of drug-likeness (QED) is 0.648. The Bertz CT molecular complexity index is 569. The highest BCUT2D eigenvalue weighted by molar-refractivity contribution is 5.75. The topological polar surface area (TPSA) is 104 Å². The highest BCUT2D eigenvalue weighted by atomic mass is 16.3. The standard InChI is InChI=1S/C12H17N3O4/c16-9-3-4-11(18)15(14-9)7-10(17)13-8-12(19)5-1-2-6-12/h3-4,19H,1-2,5-8H2,(H,13,17)(H,14,16). The molecule has 1 fully saturated rings. The van der Waals surface area contributed by atoms with Crippen LogP contribution < -0.4 is 16.4 Å². The number of hydrogen-bond acceptors (Lipinski definition) is 4. The fraction of sp³-hybridized carbons (Fsp3) is 0.583. The first kappa shape index (κ1) is 13.5. The van der Waals surface area contributed by atoms with Gasteiger partial charge in [-0.1, -0.05) is 12.8 Å². The number of aromatic amines is 1. The summed E-state index contributed by atoms with van der Waals surface area (Å²) in [5, 5.41) is 14.9. The molecule has 0 saturated heterocycles. The van der Waals surface area contributed by atoms with Gasteiger partial charge >= 0.3 is 0 Å². The predicted molar refractivity (Wildman–Crippen MR) is 67.8 cm³/mol. The van der Waals surface area contributed by atoms with Crippen molar-refractivity contribution >= 4 is 5.91 Å². The third kappa shape index (κ3) is 3.54. The highest BCUT2D eigenvalue weighted by Gasteiger charge is 2.31. The van der Waals surface area contributed by atoms with Gasteiger partial charge in [-0.25, -0.2) is 4.68 Å². The average molecular weight is 267 g/mol. The van der Waals surface area contributed by atoms with Crippen molar-refractivity contribution in [1.29, 1.82) is 0 Å². The molecule has 2 rings (SSSR count). The van der Waals surface area contributed by atoms with Crippen LogP contribution in [0, 0.1) is 0 Å². The van der Waals surface area contributed by atoms with Crippen LogP contribution in [0.4, 0.5) is 0 Å². The summed E-state index contributed by atoms with van der Waals surface area (Å²) in [5.41, 5.74) is -1.72. The van der Waals surface area contributed by atoms with Crippen LogP contribution >= 0.6 is 0 Å². The lowest BCUT2D eigenvalue weighted by Crippen LogP contribution is -2.43. The second kappa shape index (κ2) is 5.40. The summed E-state index contributed by atoms with van der Waals surface area (Å²) >= 11 is 0. The van der Waals surface area contributed by atoms with Crippen LogP contribution in [0.25, 0.3) is 0 Å². The summed E-state index contributed by atoms with van der Waals surface area (Å²) in [6.45, 7) is -0.0807. The first-order valence-corrected chi connectivity index (χ1v) is 6.28. The zero-order valence-electron chi connectivity index (χ0n) is 10.5. The number of carbonyl (C=O) groups is 1. The SMILES string of the molecule is O=C(Cn1[nH]c(=O)ccc1=O)NCC1(O)CCCC1. The van der Waals surface area contributed by atoms with E-state index in [1.807, 2.05) is 0 Å². The van der Waals surface area contributed by atoms with Crippen LogP contribution in [-0.2, 0) is 11.3 Å². The lowest BCUT2D eigenvalue weighted by Gasteiger charge is -2.22. The van der Waals surface area contributed by atoms with Gasteiger partial charge in [0.2, 0.25) is 5.91 Å². The van der Waals surface area contributed by atoms with Gasteiger partial charge in [-0.3, -0.25) is 19.5 Å². The van der Waals surface area contributed by atoms with Gasteiger partial charge in [0.05, 0.1) is 5.60 Å². The van der Waals surface area contributed by atoms with Crippen LogP contribution in [-0.4, -0.2) is 32.9 Å². The lowest BCUT2D eigenvalue weighted by atomic mass is 10.0. The zero-order chi connectivity index (χ0) is 13.9. The van der Waals surface area contributed by atoms with E-state index in [0.717, 1.165) is 29.7 Å². The number of aliphatic hydroxyl groups is 1. The van der Waals surface area contributed by atoms with Gasteiger partial charge in [0, 0.05) is 18.7 Å². The fourth-order valence-electron chi connectivity index (χ4n) is 2.25. The molecule has 1 heterocycles. The summed E-state index contributed by atoms with van der Waals surface area (Å²) in [6, 6.07) is 2.22. The predicted octanol–water partition coefficient (Wildman–Crippen LogP) is -1.04. The molecular formula is C12H17N3O4. The van der Waals surface area contributed by atoms with Crippen LogP contribution in [0.3, 0.4) is 0 Å². The monoisotopic (exact) mass is 267 g/mol. The largest absolute Gasteiger partial charge is 0.388 e. The molecule has 0 unspecified atom stereocenters. The number of carbonyl (C=O) groups excluding carboxylic acids is 1. The minimum absolute atomic E-state index is 0.178. The van der Waals surface area contributed by atoms with Gasteiger partial charge in [-0.05, 0) is 12.8 Å². The number of H-pyrrole nitrogens is 1. The second-order valence-corrected chi connectivity index (χ2v) is 4.94. The molecular weight excluding hydrogens is 250 g/mol. The molecule has 7 heteroatoms. The summed E-state index contributed by atoms with van der Waals surface area (Å²) < 4.78 is 0.941. The van der Waals surface area contributed by atoms with Crippen molar-refractivity contribution in [2.24, 2.45) is 0 Å². The van der Waals surface area contributed by atoms with Crippen LogP contribution in [0.5, 0.6) is 0 Å². The van der Waals surface area contributed by atoms with Crippen LogP contribution in [0.15, 0.2) is 21.7 Å². The Balaban J connectivity index is 1.92. The Morgan fingerprint density at radius 2 is 2.05 bits per heavy atom. The van der Waals surface area contributed by atoms with Gasteiger partial charge in [0.15, 0.2) is 0 Å². The molecule has 0 aliphatic heterocycles. The lowest BCUT2D eigenvalue weighted by molar-refractivity contribution is -0.123. The molecule has 1 aromatic heterocycles. The van der Waals surface area contributed by atoms with Gasteiger partial charge < -0.3 is 10.4 Å². The molecule has 1 aliphatic rings. The molecule has 3 N–H and O–H groups in total. The smallest absolute Gasteiger partial charge is 0.265 e. The Morgan fingerprint density at radius 1 is 1.37 bits per heavy atom. The number of amides is 1. The maximum Gasteiger partial charge on any atom is 0.265 e. The van der Waals surface area contributed by atoms with Crippen LogP contribution in [0.1, 0.15) is 25.7 Å². The molecule has 0 aromatic carbocycles. The number of aromatic nitrogens is 2. The first-order valence-electron chi connectivity index (χ1n) is 6.28. The summed E-state index contributed by atoms with van der Waals surface area (Å²) in [7, 11) is 0. The molecule has 1 aliphatic carbocycles. The molecule has 0 bridgehead atoms. The molecule has 0 atom stereocenters. The van der Waals surface area contributed by atoms with Crippen LogP contribution in [0.2, 0.25) is 0 Å². The summed E-state index contributed by atoms with van der Waals surface area (Å²) in [6.07, 6.45) is 3.26. The van der Waals surface area contributed by atoms with E-state index in [1.54, 1.807) is 0 Å². The molecule has 0 radical (unpaired) electrons. The normalized spacial score (nSPS) is 17.3. The van der Waals surface area contributed by atoms with Crippen molar-refractivity contribution in [3.63, 3.8) is 0 Å². The second-order valence-electron chi connectivity index (χ2n) is 4.94. The van der Waals surface area contributed by atoms with Gasteiger partial charge in [0.1, 0.15) is 6.54 Å². The van der Waals surface area contributed by atoms with Crippen molar-refractivity contribution in [2.45, 2.75) is 37.8 Å². The third-order valence-corrected chi connectivity index (χ3v) is 3.34. The highest BCUT2D eigenvalue weighted by Crippen LogP contribution is 2.28. The fourth-order valence-corrected chi connectivity index (χ4v) is 2.25. The van der Waals surface area contributed by atoms with E-state index in [0.29, 0.717) is 12.8 Å². The summed E-state index contributed by atoms with van der Waals surface area (Å²) in [5.74, 6) is -0.413. The van der Waals surface area contributed by atoms with E-state index in [1.165, 1.54) is 0 Å².